The Bertz CT molecular complexity index is 157. The van der Waals surface area contributed by atoms with Crippen LogP contribution < -0.4 is 16.4 Å². The van der Waals surface area contributed by atoms with Crippen LogP contribution in [0.1, 0.15) is 0 Å². The predicted molar refractivity (Wildman–Crippen MR) is 37.5 cm³/mol. The van der Waals surface area contributed by atoms with Gasteiger partial charge in [0.2, 0.25) is 0 Å². The van der Waals surface area contributed by atoms with Crippen molar-refractivity contribution in [2.24, 2.45) is 10.7 Å². The molecule has 0 spiro atoms. The van der Waals surface area contributed by atoms with E-state index in [2.05, 4.69) is 4.99 Å². The second kappa shape index (κ2) is 5.45. The van der Waals surface area contributed by atoms with E-state index < -0.39 is 19.5 Å². The molecule has 0 aliphatic carbocycles. The number of urea groups is 1. The van der Waals surface area contributed by atoms with Crippen molar-refractivity contribution in [3.05, 3.63) is 0 Å². The summed E-state index contributed by atoms with van der Waals surface area (Å²) in [7, 11) is 0. The number of hydrogen-bond donors (Lipinski definition) is 5. The van der Waals surface area contributed by atoms with Gasteiger partial charge in [-0.3, -0.25) is 5.32 Å². The summed E-state index contributed by atoms with van der Waals surface area (Å²) in [4.78, 5) is 13.7. The number of aliphatic hydroxyl groups is 2. The van der Waals surface area contributed by atoms with E-state index in [9.17, 15) is 4.79 Å². The molecule has 0 unspecified atom stereocenters. The van der Waals surface area contributed by atoms with Crippen molar-refractivity contribution >= 4 is 12.0 Å². The number of amides is 2. The number of aliphatic imine (C=N–C) groups is 1. The van der Waals surface area contributed by atoms with Gasteiger partial charge in [-0.15, -0.1) is 0 Å². The van der Waals surface area contributed by atoms with Crippen molar-refractivity contribution in [1.82, 2.24) is 10.6 Å². The first-order valence-corrected chi connectivity index (χ1v) is 2.77. The highest BCUT2D eigenvalue weighted by Gasteiger charge is 1.98. The topological polar surface area (TPSA) is 120 Å². The van der Waals surface area contributed by atoms with Crippen LogP contribution in [0.5, 0.6) is 0 Å². The largest absolute Gasteiger partial charge is 0.376 e. The summed E-state index contributed by atoms with van der Waals surface area (Å²) in [6.07, 6.45) is 0. The molecule has 0 fully saturated rings. The Hall–Kier alpha value is -1.34. The van der Waals surface area contributed by atoms with E-state index in [4.69, 9.17) is 15.9 Å². The molecule has 2 amide bonds. The molecule has 0 heterocycles. The summed E-state index contributed by atoms with van der Waals surface area (Å²) in [5.41, 5.74) is 5.05. The SMILES string of the molecule is NC(=NCO)NC(=O)NCO. The number of hydrogen-bond acceptors (Lipinski definition) is 4. The summed E-state index contributed by atoms with van der Waals surface area (Å²) >= 11 is 0. The van der Waals surface area contributed by atoms with Gasteiger partial charge >= 0.3 is 6.03 Å². The smallest absolute Gasteiger partial charge is 0.323 e. The fraction of sp³-hybridized carbons (Fsp3) is 0.500. The Labute approximate surface area is 62.9 Å². The molecule has 0 rings (SSSR count). The molecular formula is C4H10N4O3. The molecule has 7 heteroatoms. The van der Waals surface area contributed by atoms with Crippen LogP contribution in [0.25, 0.3) is 0 Å². The van der Waals surface area contributed by atoms with Crippen molar-refractivity contribution in [2.75, 3.05) is 13.5 Å². The Kier molecular flexibility index (Phi) is 4.78. The second-order valence-electron chi connectivity index (χ2n) is 1.47. The number of nitrogens with one attached hydrogen (secondary N) is 2. The summed E-state index contributed by atoms with van der Waals surface area (Å²) in [5, 5.41) is 20.4. The highest BCUT2D eigenvalue weighted by Crippen LogP contribution is 1.65. The maximum absolute atomic E-state index is 10.5. The molecule has 0 aromatic carbocycles. The highest BCUT2D eigenvalue weighted by molar-refractivity contribution is 5.95. The molecule has 0 bridgehead atoms. The van der Waals surface area contributed by atoms with Gasteiger partial charge in [-0.2, -0.15) is 0 Å². The fourth-order valence-electron chi connectivity index (χ4n) is 0.348. The van der Waals surface area contributed by atoms with Gasteiger partial charge in [-0.1, -0.05) is 0 Å². The number of nitrogens with zero attached hydrogens (tertiary/aromatic N) is 1. The van der Waals surface area contributed by atoms with Crippen LogP contribution in [-0.2, 0) is 0 Å². The Morgan fingerprint density at radius 3 is 2.64 bits per heavy atom. The molecule has 64 valence electrons. The first-order chi connectivity index (χ1) is 5.20. The van der Waals surface area contributed by atoms with Gasteiger partial charge in [-0.05, 0) is 0 Å². The van der Waals surface area contributed by atoms with Crippen LogP contribution in [0.3, 0.4) is 0 Å². The Balaban J connectivity index is 3.66. The van der Waals surface area contributed by atoms with Crippen molar-refractivity contribution < 1.29 is 15.0 Å². The van der Waals surface area contributed by atoms with Crippen LogP contribution in [0, 0.1) is 0 Å². The molecular weight excluding hydrogens is 152 g/mol. The van der Waals surface area contributed by atoms with Gasteiger partial charge in [0.15, 0.2) is 5.96 Å². The van der Waals surface area contributed by atoms with Crippen LogP contribution in [0.4, 0.5) is 4.79 Å². The number of aliphatic hydroxyl groups excluding tert-OH is 2. The van der Waals surface area contributed by atoms with E-state index in [0.29, 0.717) is 0 Å². The van der Waals surface area contributed by atoms with Crippen LogP contribution in [0.2, 0.25) is 0 Å². The highest BCUT2D eigenvalue weighted by atomic mass is 16.3. The van der Waals surface area contributed by atoms with Crippen LogP contribution in [0.15, 0.2) is 4.99 Å². The van der Waals surface area contributed by atoms with Crippen LogP contribution >= 0.6 is 0 Å². The van der Waals surface area contributed by atoms with Gasteiger partial charge < -0.3 is 21.3 Å². The quantitative estimate of drug-likeness (QED) is 0.175. The lowest BCUT2D eigenvalue weighted by molar-refractivity contribution is 0.221. The third-order valence-corrected chi connectivity index (χ3v) is 0.722. The molecule has 0 saturated heterocycles. The first kappa shape index (κ1) is 9.66. The molecule has 11 heavy (non-hydrogen) atoms. The van der Waals surface area contributed by atoms with Crippen molar-refractivity contribution in [1.29, 1.82) is 0 Å². The number of rotatable bonds is 2. The molecule has 0 atom stereocenters. The second-order valence-corrected chi connectivity index (χ2v) is 1.47. The van der Waals surface area contributed by atoms with Gasteiger partial charge in [0, 0.05) is 0 Å². The van der Waals surface area contributed by atoms with E-state index in [-0.39, 0.29) is 5.96 Å². The molecule has 7 nitrogen and oxygen atoms in total. The number of carbonyl (C=O) groups is 1. The lowest BCUT2D eigenvalue weighted by Crippen LogP contribution is -2.43. The lowest BCUT2D eigenvalue weighted by Gasteiger charge is -2.02. The minimum absolute atomic E-state index is 0.210. The molecule has 0 aliphatic heterocycles. The zero-order valence-electron chi connectivity index (χ0n) is 5.74. The Morgan fingerprint density at radius 1 is 1.55 bits per heavy atom. The van der Waals surface area contributed by atoms with Gasteiger partial charge in [-0.25, -0.2) is 9.79 Å². The molecule has 0 aliphatic rings. The zero-order chi connectivity index (χ0) is 8.69. The maximum Gasteiger partial charge on any atom is 0.323 e. The third-order valence-electron chi connectivity index (χ3n) is 0.722. The van der Waals surface area contributed by atoms with E-state index in [1.807, 2.05) is 10.6 Å². The Morgan fingerprint density at radius 2 is 2.18 bits per heavy atom. The van der Waals surface area contributed by atoms with Crippen molar-refractivity contribution in [3.8, 4) is 0 Å². The standard InChI is InChI=1S/C4H10N4O3/c5-3(6-1-9)8-4(11)7-2-10/h9-10H,1-2H2,(H4,5,6,7,8,11). The third kappa shape index (κ3) is 5.12. The minimum Gasteiger partial charge on any atom is -0.376 e. The average Bonchev–Trinajstić information content (AvgIpc) is 1.87. The number of carbonyl (C=O) groups excluding carboxylic acids is 1. The molecule has 0 aromatic rings. The van der Waals surface area contributed by atoms with Crippen LogP contribution in [-0.4, -0.2) is 35.7 Å². The first-order valence-electron chi connectivity index (χ1n) is 2.77. The van der Waals surface area contributed by atoms with Crippen molar-refractivity contribution in [2.45, 2.75) is 0 Å². The predicted octanol–water partition coefficient (Wildman–Crippen LogP) is -2.50. The zero-order valence-corrected chi connectivity index (χ0v) is 5.74. The normalized spacial score (nSPS) is 10.9. The lowest BCUT2D eigenvalue weighted by atomic mass is 10.8. The van der Waals surface area contributed by atoms with Crippen molar-refractivity contribution in [3.63, 3.8) is 0 Å². The summed E-state index contributed by atoms with van der Waals surface area (Å²) in [5.74, 6) is -0.210. The molecule has 0 saturated carbocycles. The average molecular weight is 162 g/mol. The molecule has 0 aromatic heterocycles. The van der Waals surface area contributed by atoms with E-state index in [1.54, 1.807) is 0 Å². The summed E-state index contributed by atoms with van der Waals surface area (Å²) < 4.78 is 0. The van der Waals surface area contributed by atoms with Gasteiger partial charge in [0.25, 0.3) is 0 Å². The molecule has 0 radical (unpaired) electrons. The number of nitrogens with two attached hydrogens (primary N) is 1. The van der Waals surface area contributed by atoms with E-state index in [1.165, 1.54) is 0 Å². The monoisotopic (exact) mass is 162 g/mol. The summed E-state index contributed by atoms with van der Waals surface area (Å²) in [6, 6.07) is -0.679. The fourth-order valence-corrected chi connectivity index (χ4v) is 0.348. The maximum atomic E-state index is 10.5. The summed E-state index contributed by atoms with van der Waals surface area (Å²) in [6.45, 7) is -0.983. The minimum atomic E-state index is -0.679. The number of guanidine groups is 1. The van der Waals surface area contributed by atoms with Gasteiger partial charge in [0.1, 0.15) is 13.5 Å². The van der Waals surface area contributed by atoms with Gasteiger partial charge in [0.05, 0.1) is 0 Å². The van der Waals surface area contributed by atoms with E-state index >= 15 is 0 Å². The van der Waals surface area contributed by atoms with E-state index in [0.717, 1.165) is 0 Å². The molecule has 6 N–H and O–H groups in total.